The van der Waals surface area contributed by atoms with Crippen molar-refractivity contribution in [2.45, 2.75) is 64.4 Å². The molecule has 1 N–H and O–H groups in total. The summed E-state index contributed by atoms with van der Waals surface area (Å²) in [7, 11) is 0. The van der Waals surface area contributed by atoms with Gasteiger partial charge in [-0.25, -0.2) is 9.59 Å². The summed E-state index contributed by atoms with van der Waals surface area (Å²) in [6, 6.07) is 23.8. The van der Waals surface area contributed by atoms with E-state index in [0.717, 1.165) is 30.1 Å². The van der Waals surface area contributed by atoms with Crippen molar-refractivity contribution < 1.29 is 33.6 Å². The third kappa shape index (κ3) is 10.9. The first kappa shape index (κ1) is 31.9. The molecule has 1 aliphatic rings. The molecule has 230 valence electrons. The molecular formula is C35H43NO7. The number of carboxylic acid groups (broad SMARTS) is 1. The number of aliphatic carboxylic acids is 1. The van der Waals surface area contributed by atoms with Crippen molar-refractivity contribution in [1.82, 2.24) is 4.90 Å². The number of hydrogen-bond acceptors (Lipinski definition) is 6. The topological polar surface area (TPSA) is 94.5 Å². The molecule has 1 fully saturated rings. The minimum atomic E-state index is -0.978. The fourth-order valence-corrected chi connectivity index (χ4v) is 5.33. The van der Waals surface area contributed by atoms with Gasteiger partial charge in [-0.2, -0.15) is 0 Å². The molecule has 0 aliphatic heterocycles. The van der Waals surface area contributed by atoms with Gasteiger partial charge in [-0.15, -0.1) is 0 Å². The molecule has 1 aliphatic carbocycles. The van der Waals surface area contributed by atoms with Crippen molar-refractivity contribution in [2.75, 3.05) is 26.3 Å². The molecule has 1 saturated carbocycles. The Balaban J connectivity index is 1.30. The summed E-state index contributed by atoms with van der Waals surface area (Å²) in [5.74, 6) is 2.26. The Hall–Kier alpha value is -4.04. The van der Waals surface area contributed by atoms with E-state index in [2.05, 4.69) is 0 Å². The summed E-state index contributed by atoms with van der Waals surface area (Å²) in [4.78, 5) is 26.3. The number of para-hydroxylation sites is 1. The Morgan fingerprint density at radius 3 is 2.16 bits per heavy atom. The zero-order chi connectivity index (χ0) is 30.3. The summed E-state index contributed by atoms with van der Waals surface area (Å²) < 4.78 is 22.8. The van der Waals surface area contributed by atoms with E-state index in [4.69, 9.17) is 18.9 Å². The van der Waals surface area contributed by atoms with E-state index in [0.29, 0.717) is 43.6 Å². The summed E-state index contributed by atoms with van der Waals surface area (Å²) in [6.07, 6.45) is 7.51. The van der Waals surface area contributed by atoms with Crippen molar-refractivity contribution in [3.63, 3.8) is 0 Å². The van der Waals surface area contributed by atoms with Crippen LogP contribution in [0.5, 0.6) is 23.0 Å². The lowest BCUT2D eigenvalue weighted by atomic mass is 9.86. The number of rotatable bonds is 16. The van der Waals surface area contributed by atoms with E-state index in [-0.39, 0.29) is 6.42 Å². The summed E-state index contributed by atoms with van der Waals surface area (Å²) in [5.41, 5.74) is 0.848. The average molecular weight is 590 g/mol. The molecule has 8 heteroatoms. The molecule has 1 atom stereocenters. The number of nitrogens with zero attached hydrogens (tertiary/aromatic N) is 1. The highest BCUT2D eigenvalue weighted by Crippen LogP contribution is 2.28. The largest absolute Gasteiger partial charge is 0.492 e. The molecule has 1 amide bonds. The Morgan fingerprint density at radius 1 is 0.837 bits per heavy atom. The molecule has 0 spiro atoms. The first-order valence-electron chi connectivity index (χ1n) is 15.4. The van der Waals surface area contributed by atoms with Gasteiger partial charge in [0.25, 0.3) is 0 Å². The highest BCUT2D eigenvalue weighted by atomic mass is 16.6. The first-order chi connectivity index (χ1) is 21.0. The maximum atomic E-state index is 13.2. The molecule has 0 saturated heterocycles. The first-order valence-corrected chi connectivity index (χ1v) is 15.4. The molecule has 1 unspecified atom stereocenters. The standard InChI is InChI=1S/C35H43NO7/c1-2-40-33(34(37)38)26-28-15-17-29(18-16-28)41-25-24-36(23-9-12-27-10-5-3-6-11-27)35(39)43-32-21-19-31(20-22-32)42-30-13-7-4-8-14-30/h4,7-8,13-22,27,33H,2-3,5-6,9-12,23-26H2,1H3,(H,37,38). The predicted octanol–water partition coefficient (Wildman–Crippen LogP) is 7.75. The van der Waals surface area contributed by atoms with E-state index < -0.39 is 18.2 Å². The number of ether oxygens (including phenoxy) is 4. The number of benzene rings is 3. The SMILES string of the molecule is CCOC(Cc1ccc(OCCN(CCCC2CCCCC2)C(=O)Oc2ccc(Oc3ccccc3)cc2)cc1)C(=O)O. The van der Waals surface area contributed by atoms with Crippen LogP contribution in [0.2, 0.25) is 0 Å². The van der Waals surface area contributed by atoms with Crippen LogP contribution in [0.3, 0.4) is 0 Å². The van der Waals surface area contributed by atoms with Gasteiger partial charge in [-0.05, 0) is 79.8 Å². The van der Waals surface area contributed by atoms with Gasteiger partial charge >= 0.3 is 12.1 Å². The molecule has 0 aromatic heterocycles. The molecule has 8 nitrogen and oxygen atoms in total. The predicted molar refractivity (Wildman–Crippen MR) is 165 cm³/mol. The Kier molecular flexibility index (Phi) is 12.7. The van der Waals surface area contributed by atoms with Crippen molar-refractivity contribution in [2.24, 2.45) is 5.92 Å². The third-order valence-corrected chi connectivity index (χ3v) is 7.65. The zero-order valence-corrected chi connectivity index (χ0v) is 25.0. The van der Waals surface area contributed by atoms with E-state index in [1.54, 1.807) is 36.1 Å². The molecule has 4 rings (SSSR count). The minimum absolute atomic E-state index is 0.281. The second kappa shape index (κ2) is 17.2. The summed E-state index contributed by atoms with van der Waals surface area (Å²) in [6.45, 7) is 3.40. The fourth-order valence-electron chi connectivity index (χ4n) is 5.33. The Bertz CT molecular complexity index is 1240. The lowest BCUT2D eigenvalue weighted by Gasteiger charge is -2.25. The summed E-state index contributed by atoms with van der Waals surface area (Å²) >= 11 is 0. The van der Waals surface area contributed by atoms with Crippen LogP contribution in [-0.2, 0) is 16.0 Å². The third-order valence-electron chi connectivity index (χ3n) is 7.65. The molecule has 0 heterocycles. The second-order valence-electron chi connectivity index (χ2n) is 10.9. The van der Waals surface area contributed by atoms with Crippen LogP contribution < -0.4 is 14.2 Å². The minimum Gasteiger partial charge on any atom is -0.492 e. The normalized spacial score (nSPS) is 14.1. The van der Waals surface area contributed by atoms with Gasteiger partial charge in [-0.3, -0.25) is 0 Å². The van der Waals surface area contributed by atoms with Crippen LogP contribution in [0.25, 0.3) is 0 Å². The van der Waals surface area contributed by atoms with Crippen LogP contribution in [-0.4, -0.2) is 54.5 Å². The maximum absolute atomic E-state index is 13.2. The number of amides is 1. The quantitative estimate of drug-likeness (QED) is 0.183. The van der Waals surface area contributed by atoms with Gasteiger partial charge in [-0.1, -0.05) is 62.4 Å². The average Bonchev–Trinajstić information content (AvgIpc) is 3.03. The van der Waals surface area contributed by atoms with Gasteiger partial charge in [0.05, 0.1) is 6.54 Å². The van der Waals surface area contributed by atoms with Crippen molar-refractivity contribution in [3.05, 3.63) is 84.4 Å². The van der Waals surface area contributed by atoms with Gasteiger partial charge < -0.3 is 29.0 Å². The van der Waals surface area contributed by atoms with Gasteiger partial charge in [0.15, 0.2) is 6.10 Å². The van der Waals surface area contributed by atoms with Crippen molar-refractivity contribution in [1.29, 1.82) is 0 Å². The van der Waals surface area contributed by atoms with Crippen LogP contribution in [0.15, 0.2) is 78.9 Å². The van der Waals surface area contributed by atoms with E-state index in [1.165, 1.54) is 32.1 Å². The molecule has 3 aromatic rings. The smallest absolute Gasteiger partial charge is 0.415 e. The molecule has 43 heavy (non-hydrogen) atoms. The van der Waals surface area contributed by atoms with Crippen LogP contribution in [0.4, 0.5) is 4.79 Å². The second-order valence-corrected chi connectivity index (χ2v) is 10.9. The number of hydrogen-bond donors (Lipinski definition) is 1. The highest BCUT2D eigenvalue weighted by molar-refractivity contribution is 5.72. The van der Waals surface area contributed by atoms with Crippen molar-refractivity contribution >= 4 is 12.1 Å². The summed E-state index contributed by atoms with van der Waals surface area (Å²) in [5, 5.41) is 9.33. The molecule has 0 radical (unpaired) electrons. The number of carboxylic acids is 1. The van der Waals surface area contributed by atoms with Gasteiger partial charge in [0.1, 0.15) is 29.6 Å². The van der Waals surface area contributed by atoms with Crippen LogP contribution >= 0.6 is 0 Å². The highest BCUT2D eigenvalue weighted by Gasteiger charge is 2.20. The van der Waals surface area contributed by atoms with Crippen LogP contribution in [0.1, 0.15) is 57.4 Å². The van der Waals surface area contributed by atoms with Gasteiger partial charge in [0, 0.05) is 19.6 Å². The fraction of sp³-hybridized carbons (Fsp3) is 0.429. The molecular weight excluding hydrogens is 546 g/mol. The van der Waals surface area contributed by atoms with Crippen LogP contribution in [0, 0.1) is 5.92 Å². The van der Waals surface area contributed by atoms with E-state index in [1.807, 2.05) is 54.6 Å². The van der Waals surface area contributed by atoms with E-state index >= 15 is 0 Å². The Labute approximate surface area is 254 Å². The lowest BCUT2D eigenvalue weighted by molar-refractivity contribution is -0.149. The number of carbonyl (C=O) groups is 2. The molecule has 0 bridgehead atoms. The van der Waals surface area contributed by atoms with Crippen molar-refractivity contribution in [3.8, 4) is 23.0 Å². The maximum Gasteiger partial charge on any atom is 0.415 e. The monoisotopic (exact) mass is 589 g/mol. The lowest BCUT2D eigenvalue weighted by Crippen LogP contribution is -2.37. The molecule has 3 aromatic carbocycles. The Morgan fingerprint density at radius 2 is 1.49 bits per heavy atom. The van der Waals surface area contributed by atoms with E-state index in [9.17, 15) is 14.7 Å². The van der Waals surface area contributed by atoms with Gasteiger partial charge in [0.2, 0.25) is 0 Å². The number of carbonyl (C=O) groups excluding carboxylic acids is 1. The zero-order valence-electron chi connectivity index (χ0n) is 25.0.